The SMILES string of the molecule is Cc1nn(C)c2sc(C(=O)NC3CCCC(c4nc5ccc(C(F)(F)F)cc5[nH]4)C3)cc12. The predicted octanol–water partition coefficient (Wildman–Crippen LogP) is 5.29. The van der Waals surface area contributed by atoms with Crippen molar-refractivity contribution in [2.45, 2.75) is 50.7 Å². The van der Waals surface area contributed by atoms with Crippen LogP contribution in [0.2, 0.25) is 0 Å². The lowest BCUT2D eigenvalue weighted by Gasteiger charge is -2.28. The summed E-state index contributed by atoms with van der Waals surface area (Å²) in [6, 6.07) is 5.43. The number of carbonyl (C=O) groups is 1. The minimum Gasteiger partial charge on any atom is -0.349 e. The fraction of sp³-hybridized carbons (Fsp3) is 0.409. The molecule has 32 heavy (non-hydrogen) atoms. The molecular formula is C22H22F3N5OS. The zero-order valence-corrected chi connectivity index (χ0v) is 18.4. The summed E-state index contributed by atoms with van der Waals surface area (Å²) in [5.41, 5.74) is 1.11. The molecule has 1 amide bonds. The van der Waals surface area contributed by atoms with Crippen molar-refractivity contribution in [3.05, 3.63) is 46.2 Å². The van der Waals surface area contributed by atoms with Crippen molar-refractivity contribution < 1.29 is 18.0 Å². The van der Waals surface area contributed by atoms with E-state index in [4.69, 9.17) is 0 Å². The molecule has 2 N–H and O–H groups in total. The third-order valence-electron chi connectivity index (χ3n) is 6.14. The van der Waals surface area contributed by atoms with Gasteiger partial charge >= 0.3 is 6.18 Å². The molecule has 4 aromatic rings. The Morgan fingerprint density at radius 2 is 2.09 bits per heavy atom. The van der Waals surface area contributed by atoms with Crippen LogP contribution in [-0.2, 0) is 13.2 Å². The van der Waals surface area contributed by atoms with Gasteiger partial charge in [-0.15, -0.1) is 11.3 Å². The maximum Gasteiger partial charge on any atom is 0.416 e. The van der Waals surface area contributed by atoms with Crippen molar-refractivity contribution in [3.63, 3.8) is 0 Å². The van der Waals surface area contributed by atoms with Gasteiger partial charge in [0.1, 0.15) is 10.7 Å². The molecule has 168 valence electrons. The summed E-state index contributed by atoms with van der Waals surface area (Å²) < 4.78 is 40.8. The molecule has 0 aliphatic heterocycles. The molecular weight excluding hydrogens is 439 g/mol. The molecule has 1 aliphatic carbocycles. The number of aromatic amines is 1. The molecule has 0 saturated heterocycles. The van der Waals surface area contributed by atoms with Crippen LogP contribution >= 0.6 is 11.3 Å². The molecule has 3 aromatic heterocycles. The molecule has 3 heterocycles. The third-order valence-corrected chi connectivity index (χ3v) is 7.34. The number of imidazole rings is 1. The van der Waals surface area contributed by atoms with Crippen LogP contribution in [0.4, 0.5) is 13.2 Å². The van der Waals surface area contributed by atoms with Gasteiger partial charge in [0, 0.05) is 24.4 Å². The summed E-state index contributed by atoms with van der Waals surface area (Å²) in [7, 11) is 1.87. The number of rotatable bonds is 3. The van der Waals surface area contributed by atoms with Crippen molar-refractivity contribution in [2.24, 2.45) is 7.05 Å². The highest BCUT2D eigenvalue weighted by Crippen LogP contribution is 2.35. The zero-order chi connectivity index (χ0) is 22.6. The average molecular weight is 462 g/mol. The van der Waals surface area contributed by atoms with Crippen molar-refractivity contribution in [2.75, 3.05) is 0 Å². The van der Waals surface area contributed by atoms with Crippen LogP contribution in [-0.4, -0.2) is 31.7 Å². The molecule has 10 heteroatoms. The Morgan fingerprint density at radius 3 is 2.84 bits per heavy atom. The Labute approximate surface area is 185 Å². The number of amides is 1. The first kappa shape index (κ1) is 21.0. The number of aromatic nitrogens is 4. The van der Waals surface area contributed by atoms with Crippen LogP contribution in [0.1, 0.15) is 58.4 Å². The molecule has 1 fully saturated rings. The van der Waals surface area contributed by atoms with E-state index in [1.54, 1.807) is 4.68 Å². The highest BCUT2D eigenvalue weighted by molar-refractivity contribution is 7.20. The number of hydrogen-bond donors (Lipinski definition) is 2. The monoisotopic (exact) mass is 461 g/mol. The summed E-state index contributed by atoms with van der Waals surface area (Å²) in [6.07, 6.45) is -1.03. The van der Waals surface area contributed by atoms with Crippen LogP contribution in [0.5, 0.6) is 0 Å². The highest BCUT2D eigenvalue weighted by Gasteiger charge is 2.31. The van der Waals surface area contributed by atoms with Gasteiger partial charge in [0.25, 0.3) is 5.91 Å². The summed E-state index contributed by atoms with van der Waals surface area (Å²) in [5.74, 6) is 0.641. The number of thiophene rings is 1. The van der Waals surface area contributed by atoms with Crippen LogP contribution < -0.4 is 5.32 Å². The van der Waals surface area contributed by atoms with Crippen LogP contribution in [0.3, 0.4) is 0 Å². The van der Waals surface area contributed by atoms with Gasteiger partial charge in [0.15, 0.2) is 0 Å². The number of fused-ring (bicyclic) bond motifs is 2. The standard InChI is InChI=1S/C22H22F3N5OS/c1-11-15-10-18(32-21(15)30(2)29-11)20(31)26-14-5-3-4-12(8-14)19-27-16-7-6-13(22(23,24)25)9-17(16)28-19/h6-7,9-10,12,14H,3-5,8H2,1-2H3,(H,26,31)(H,27,28). The van der Waals surface area contributed by atoms with Gasteiger partial charge < -0.3 is 10.3 Å². The molecule has 0 spiro atoms. The topological polar surface area (TPSA) is 75.6 Å². The Bertz CT molecular complexity index is 1280. The molecule has 1 saturated carbocycles. The minimum atomic E-state index is -4.39. The summed E-state index contributed by atoms with van der Waals surface area (Å²) in [6.45, 7) is 1.92. The lowest BCUT2D eigenvalue weighted by atomic mass is 9.85. The number of nitrogens with zero attached hydrogens (tertiary/aromatic N) is 3. The number of aryl methyl sites for hydroxylation is 2. The van der Waals surface area contributed by atoms with Crippen LogP contribution in [0.25, 0.3) is 21.3 Å². The quantitative estimate of drug-likeness (QED) is 0.435. The van der Waals surface area contributed by atoms with E-state index >= 15 is 0 Å². The van der Waals surface area contributed by atoms with E-state index in [-0.39, 0.29) is 17.9 Å². The van der Waals surface area contributed by atoms with E-state index in [1.165, 1.54) is 17.4 Å². The van der Waals surface area contributed by atoms with Gasteiger partial charge in [0.2, 0.25) is 0 Å². The number of halogens is 3. The van der Waals surface area contributed by atoms with Gasteiger partial charge in [0.05, 0.1) is 27.2 Å². The molecule has 1 aromatic carbocycles. The second-order valence-corrected chi connectivity index (χ2v) is 9.45. The van der Waals surface area contributed by atoms with Gasteiger partial charge in [-0.1, -0.05) is 6.42 Å². The summed E-state index contributed by atoms with van der Waals surface area (Å²) >= 11 is 1.42. The number of nitrogens with one attached hydrogen (secondary N) is 2. The molecule has 0 radical (unpaired) electrons. The highest BCUT2D eigenvalue weighted by atomic mass is 32.1. The Hall–Kier alpha value is -2.88. The Morgan fingerprint density at radius 1 is 1.28 bits per heavy atom. The zero-order valence-electron chi connectivity index (χ0n) is 17.6. The molecule has 2 unspecified atom stereocenters. The number of alkyl halides is 3. The normalized spacial score (nSPS) is 19.7. The van der Waals surface area contributed by atoms with E-state index in [1.807, 2.05) is 20.0 Å². The number of hydrogen-bond acceptors (Lipinski definition) is 4. The lowest BCUT2D eigenvalue weighted by Crippen LogP contribution is -2.37. The van der Waals surface area contributed by atoms with E-state index in [9.17, 15) is 18.0 Å². The largest absolute Gasteiger partial charge is 0.416 e. The predicted molar refractivity (Wildman–Crippen MR) is 117 cm³/mol. The first-order valence-electron chi connectivity index (χ1n) is 10.5. The fourth-order valence-corrected chi connectivity index (χ4v) is 5.57. The number of carbonyl (C=O) groups excluding carboxylic acids is 1. The molecule has 0 bridgehead atoms. The smallest absolute Gasteiger partial charge is 0.349 e. The van der Waals surface area contributed by atoms with Gasteiger partial charge in [-0.25, -0.2) is 4.98 Å². The summed E-state index contributed by atoms with van der Waals surface area (Å²) in [5, 5.41) is 8.50. The second-order valence-electron chi connectivity index (χ2n) is 8.42. The fourth-order valence-electron chi connectivity index (χ4n) is 4.54. The van der Waals surface area contributed by atoms with E-state index in [0.717, 1.165) is 47.3 Å². The molecule has 5 rings (SSSR count). The van der Waals surface area contributed by atoms with Gasteiger partial charge in [-0.3, -0.25) is 9.48 Å². The van der Waals surface area contributed by atoms with Crippen molar-refractivity contribution >= 4 is 38.5 Å². The molecule has 1 aliphatic rings. The van der Waals surface area contributed by atoms with Crippen LogP contribution in [0.15, 0.2) is 24.3 Å². The Kier molecular flexibility index (Phi) is 4.99. The molecule has 6 nitrogen and oxygen atoms in total. The Balaban J connectivity index is 1.31. The average Bonchev–Trinajstić information content (AvgIpc) is 3.43. The first-order valence-corrected chi connectivity index (χ1v) is 11.3. The van der Waals surface area contributed by atoms with Crippen molar-refractivity contribution in [3.8, 4) is 0 Å². The first-order chi connectivity index (χ1) is 15.2. The number of benzene rings is 1. The minimum absolute atomic E-state index is 0.00960. The van der Waals surface area contributed by atoms with E-state index < -0.39 is 11.7 Å². The number of H-pyrrole nitrogens is 1. The van der Waals surface area contributed by atoms with E-state index in [0.29, 0.717) is 28.2 Å². The van der Waals surface area contributed by atoms with Crippen LogP contribution in [0, 0.1) is 6.92 Å². The van der Waals surface area contributed by atoms with Crippen molar-refractivity contribution in [1.82, 2.24) is 25.1 Å². The lowest BCUT2D eigenvalue weighted by molar-refractivity contribution is -0.137. The maximum absolute atomic E-state index is 13.0. The van der Waals surface area contributed by atoms with Gasteiger partial charge in [-0.2, -0.15) is 18.3 Å². The summed E-state index contributed by atoms with van der Waals surface area (Å²) in [4.78, 5) is 22.1. The van der Waals surface area contributed by atoms with Gasteiger partial charge in [-0.05, 0) is 50.5 Å². The second kappa shape index (κ2) is 7.61. The van der Waals surface area contributed by atoms with E-state index in [2.05, 4.69) is 20.4 Å². The maximum atomic E-state index is 13.0. The molecule has 2 atom stereocenters. The van der Waals surface area contributed by atoms with Crippen molar-refractivity contribution in [1.29, 1.82) is 0 Å². The third kappa shape index (κ3) is 3.76.